The molecule has 2 unspecified atom stereocenters. The third kappa shape index (κ3) is 3.75. The van der Waals surface area contributed by atoms with Gasteiger partial charge in [0, 0.05) is 19.0 Å². The molecule has 2 atom stereocenters. The zero-order chi connectivity index (χ0) is 18.7. The van der Waals surface area contributed by atoms with Crippen molar-refractivity contribution < 1.29 is 9.59 Å². The monoisotopic (exact) mass is 370 g/mol. The summed E-state index contributed by atoms with van der Waals surface area (Å²) in [4.78, 5) is 27.7. The average molecular weight is 371 g/mol. The minimum Gasteiger partial charge on any atom is -0.352 e. The molecule has 0 spiro atoms. The van der Waals surface area contributed by atoms with Gasteiger partial charge < -0.3 is 10.2 Å². The van der Waals surface area contributed by atoms with Gasteiger partial charge in [0.15, 0.2) is 0 Å². The Morgan fingerprint density at radius 3 is 2.50 bits per heavy atom. The molecule has 1 aliphatic rings. The predicted molar refractivity (Wildman–Crippen MR) is 103 cm³/mol. The van der Waals surface area contributed by atoms with Gasteiger partial charge in [0.2, 0.25) is 5.91 Å². The lowest BCUT2D eigenvalue weighted by Gasteiger charge is -2.36. The molecule has 1 aliphatic heterocycles. The summed E-state index contributed by atoms with van der Waals surface area (Å²) < 4.78 is 0. The van der Waals surface area contributed by atoms with Crippen LogP contribution in [0.3, 0.4) is 0 Å². The Balaban J connectivity index is 1.95. The molecule has 0 radical (unpaired) electrons. The quantitative estimate of drug-likeness (QED) is 0.889. The van der Waals surface area contributed by atoms with Gasteiger partial charge >= 0.3 is 0 Å². The molecular weight excluding hydrogens is 348 g/mol. The number of nitrogens with zero attached hydrogens (tertiary/aromatic N) is 1. The van der Waals surface area contributed by atoms with Crippen LogP contribution in [-0.2, 0) is 17.8 Å². The fourth-order valence-electron chi connectivity index (χ4n) is 3.20. The maximum Gasteiger partial charge on any atom is 0.256 e. The number of hydrogen-bond acceptors (Lipinski definition) is 2. The zero-order valence-electron chi connectivity index (χ0n) is 15.0. The van der Waals surface area contributed by atoms with Crippen molar-refractivity contribution in [2.24, 2.45) is 0 Å². The van der Waals surface area contributed by atoms with Gasteiger partial charge in [0.25, 0.3) is 5.91 Å². The van der Waals surface area contributed by atoms with Gasteiger partial charge in [-0.15, -0.1) is 0 Å². The highest BCUT2D eigenvalue weighted by atomic mass is 35.5. The van der Waals surface area contributed by atoms with Crippen LogP contribution in [0, 0.1) is 0 Å². The third-order valence-electron chi connectivity index (χ3n) is 4.92. The fraction of sp³-hybridized carbons (Fsp3) is 0.333. The van der Waals surface area contributed by atoms with E-state index in [2.05, 4.69) is 5.32 Å². The number of fused-ring (bicyclic) bond motifs is 1. The maximum atomic E-state index is 13.2. The first-order chi connectivity index (χ1) is 12.5. The van der Waals surface area contributed by atoms with Crippen molar-refractivity contribution >= 4 is 23.4 Å². The van der Waals surface area contributed by atoms with Crippen molar-refractivity contribution in [3.63, 3.8) is 0 Å². The summed E-state index contributed by atoms with van der Waals surface area (Å²) in [5, 5.41) is 3.42. The summed E-state index contributed by atoms with van der Waals surface area (Å²) in [6.07, 6.45) is 1.35. The summed E-state index contributed by atoms with van der Waals surface area (Å²) in [5.74, 6) is -0.330. The highest BCUT2D eigenvalue weighted by Crippen LogP contribution is 2.27. The molecule has 2 aromatic carbocycles. The predicted octanol–water partition coefficient (Wildman–Crippen LogP) is 3.82. The van der Waals surface area contributed by atoms with Crippen molar-refractivity contribution in [1.29, 1.82) is 0 Å². The Morgan fingerprint density at radius 2 is 1.81 bits per heavy atom. The van der Waals surface area contributed by atoms with Gasteiger partial charge in [-0.25, -0.2) is 0 Å². The summed E-state index contributed by atoms with van der Waals surface area (Å²) >= 11 is 6.22. The maximum absolute atomic E-state index is 13.2. The lowest BCUT2D eigenvalue weighted by Crippen LogP contribution is -2.54. The van der Waals surface area contributed by atoms with E-state index < -0.39 is 6.04 Å². The summed E-state index contributed by atoms with van der Waals surface area (Å²) in [6.45, 7) is 4.39. The summed E-state index contributed by atoms with van der Waals surface area (Å²) in [7, 11) is 0. The molecule has 3 rings (SSSR count). The highest BCUT2D eigenvalue weighted by Gasteiger charge is 2.35. The minimum atomic E-state index is -0.539. The Morgan fingerprint density at radius 1 is 1.15 bits per heavy atom. The second-order valence-electron chi connectivity index (χ2n) is 6.72. The van der Waals surface area contributed by atoms with Gasteiger partial charge in [-0.2, -0.15) is 0 Å². The molecule has 4 nitrogen and oxygen atoms in total. The molecule has 136 valence electrons. The van der Waals surface area contributed by atoms with Crippen molar-refractivity contribution in [3.05, 3.63) is 70.2 Å². The van der Waals surface area contributed by atoms with E-state index in [1.807, 2.05) is 38.1 Å². The van der Waals surface area contributed by atoms with Crippen molar-refractivity contribution in [2.75, 3.05) is 0 Å². The van der Waals surface area contributed by atoms with Gasteiger partial charge in [0.1, 0.15) is 6.04 Å². The van der Waals surface area contributed by atoms with Crippen molar-refractivity contribution in [1.82, 2.24) is 10.2 Å². The second kappa shape index (κ2) is 7.92. The number of rotatable bonds is 4. The summed E-state index contributed by atoms with van der Waals surface area (Å²) in [6, 6.07) is 14.4. The van der Waals surface area contributed by atoms with E-state index in [1.54, 1.807) is 29.2 Å². The minimum absolute atomic E-state index is 0.0666. The number of carbonyl (C=O) groups is 2. The number of nitrogens with one attached hydrogen (secondary N) is 1. The standard InChI is InChI=1S/C21H23ClN2O2/c1-3-14(2)23-20(25)19-12-15-8-4-5-9-16(15)13-24(19)21(26)17-10-6-7-11-18(17)22/h4-11,14,19H,3,12-13H2,1-2H3,(H,23,25). The largest absolute Gasteiger partial charge is 0.352 e. The molecule has 5 heteroatoms. The number of halogens is 1. The molecule has 0 fully saturated rings. The van der Waals surface area contributed by atoms with E-state index in [-0.39, 0.29) is 17.9 Å². The molecule has 0 bridgehead atoms. The van der Waals surface area contributed by atoms with E-state index in [0.717, 1.165) is 17.5 Å². The lowest BCUT2D eigenvalue weighted by atomic mass is 9.92. The average Bonchev–Trinajstić information content (AvgIpc) is 2.66. The van der Waals surface area contributed by atoms with Crippen LogP contribution in [0.1, 0.15) is 41.8 Å². The number of benzene rings is 2. The lowest BCUT2D eigenvalue weighted by molar-refractivity contribution is -0.126. The highest BCUT2D eigenvalue weighted by molar-refractivity contribution is 6.33. The molecule has 1 N–H and O–H groups in total. The van der Waals surface area contributed by atoms with Crippen LogP contribution >= 0.6 is 11.6 Å². The molecule has 0 saturated heterocycles. The first kappa shape index (κ1) is 18.5. The molecule has 0 aliphatic carbocycles. The van der Waals surface area contributed by atoms with Crippen LogP contribution < -0.4 is 5.32 Å². The van der Waals surface area contributed by atoms with Crippen LogP contribution in [0.5, 0.6) is 0 Å². The molecule has 2 amide bonds. The number of hydrogen-bond donors (Lipinski definition) is 1. The molecule has 1 heterocycles. The fourth-order valence-corrected chi connectivity index (χ4v) is 3.42. The van der Waals surface area contributed by atoms with E-state index in [9.17, 15) is 9.59 Å². The summed E-state index contributed by atoms with van der Waals surface area (Å²) in [5.41, 5.74) is 2.61. The molecule has 26 heavy (non-hydrogen) atoms. The van der Waals surface area contributed by atoms with Crippen LogP contribution in [-0.4, -0.2) is 28.8 Å². The molecule has 2 aromatic rings. The zero-order valence-corrected chi connectivity index (χ0v) is 15.8. The molecule has 0 saturated carbocycles. The van der Waals surface area contributed by atoms with E-state index in [0.29, 0.717) is 23.6 Å². The van der Waals surface area contributed by atoms with Crippen LogP contribution in [0.25, 0.3) is 0 Å². The Labute approximate surface area is 159 Å². The number of carbonyl (C=O) groups excluding carboxylic acids is 2. The van der Waals surface area contributed by atoms with Gasteiger partial charge in [0.05, 0.1) is 10.6 Å². The first-order valence-electron chi connectivity index (χ1n) is 8.94. The third-order valence-corrected chi connectivity index (χ3v) is 5.25. The Hall–Kier alpha value is -2.33. The van der Waals surface area contributed by atoms with E-state index in [4.69, 9.17) is 11.6 Å². The van der Waals surface area contributed by atoms with E-state index >= 15 is 0 Å². The Bertz CT molecular complexity index is 821. The smallest absolute Gasteiger partial charge is 0.256 e. The van der Waals surface area contributed by atoms with Crippen molar-refractivity contribution in [3.8, 4) is 0 Å². The Kier molecular flexibility index (Phi) is 5.62. The molecule has 0 aromatic heterocycles. The van der Waals surface area contributed by atoms with Gasteiger partial charge in [-0.3, -0.25) is 9.59 Å². The van der Waals surface area contributed by atoms with Gasteiger partial charge in [-0.05, 0) is 36.6 Å². The van der Waals surface area contributed by atoms with E-state index in [1.165, 1.54) is 0 Å². The topological polar surface area (TPSA) is 49.4 Å². The van der Waals surface area contributed by atoms with Crippen LogP contribution in [0.4, 0.5) is 0 Å². The normalized spacial score (nSPS) is 17.3. The second-order valence-corrected chi connectivity index (χ2v) is 7.13. The first-order valence-corrected chi connectivity index (χ1v) is 9.31. The SMILES string of the molecule is CCC(C)NC(=O)C1Cc2ccccc2CN1C(=O)c1ccccc1Cl. The van der Waals surface area contributed by atoms with Crippen LogP contribution in [0.2, 0.25) is 5.02 Å². The van der Waals surface area contributed by atoms with Crippen molar-refractivity contribution in [2.45, 2.75) is 45.3 Å². The van der Waals surface area contributed by atoms with Gasteiger partial charge in [-0.1, -0.05) is 54.9 Å². The van der Waals surface area contributed by atoms with Crippen LogP contribution in [0.15, 0.2) is 48.5 Å². The number of amides is 2. The molecular formula is C21H23ClN2O2.